The summed E-state index contributed by atoms with van der Waals surface area (Å²) >= 11 is 1.41. The number of nitrogens with one attached hydrogen (secondary N) is 1. The van der Waals surface area contributed by atoms with Gasteiger partial charge in [-0.2, -0.15) is 5.10 Å². The average molecular weight is 425 g/mol. The quantitative estimate of drug-likeness (QED) is 0.655. The fraction of sp³-hybridized carbons (Fsp3) is 0.364. The summed E-state index contributed by atoms with van der Waals surface area (Å²) in [7, 11) is 0. The van der Waals surface area contributed by atoms with Crippen LogP contribution in [0.4, 0.5) is 5.00 Å². The zero-order chi connectivity index (χ0) is 21.4. The molecule has 0 fully saturated rings. The number of carbonyl (C=O) groups excluding carboxylic acids is 2. The zero-order valence-electron chi connectivity index (χ0n) is 17.0. The smallest absolute Gasteiger partial charge is 0.277 e. The van der Waals surface area contributed by atoms with Crippen LogP contribution in [0.1, 0.15) is 58.0 Å². The minimum atomic E-state index is -0.536. The Labute approximate surface area is 177 Å². The van der Waals surface area contributed by atoms with Crippen molar-refractivity contribution in [1.29, 1.82) is 0 Å². The van der Waals surface area contributed by atoms with Crippen LogP contribution >= 0.6 is 11.3 Å². The Bertz CT molecular complexity index is 1210. The lowest BCUT2D eigenvalue weighted by molar-refractivity contribution is 0.1000. The molecule has 0 aliphatic heterocycles. The number of rotatable bonds is 5. The van der Waals surface area contributed by atoms with E-state index < -0.39 is 11.8 Å². The van der Waals surface area contributed by atoms with Crippen LogP contribution in [0.15, 0.2) is 29.1 Å². The van der Waals surface area contributed by atoms with Crippen LogP contribution in [0.3, 0.4) is 0 Å². The molecule has 2 aromatic heterocycles. The highest BCUT2D eigenvalue weighted by molar-refractivity contribution is 7.17. The zero-order valence-corrected chi connectivity index (χ0v) is 17.8. The fourth-order valence-electron chi connectivity index (χ4n) is 4.03. The van der Waals surface area contributed by atoms with Crippen molar-refractivity contribution in [3.8, 4) is 0 Å². The van der Waals surface area contributed by atoms with Crippen LogP contribution < -0.4 is 16.6 Å². The third-order valence-electron chi connectivity index (χ3n) is 5.50. The molecule has 0 spiro atoms. The first-order valence-corrected chi connectivity index (χ1v) is 11.0. The lowest BCUT2D eigenvalue weighted by Gasteiger charge is -2.18. The van der Waals surface area contributed by atoms with Crippen LogP contribution in [-0.4, -0.2) is 21.6 Å². The summed E-state index contributed by atoms with van der Waals surface area (Å²) in [6, 6.07) is 6.94. The molecule has 156 valence electrons. The van der Waals surface area contributed by atoms with Gasteiger partial charge in [0.2, 0.25) is 0 Å². The van der Waals surface area contributed by atoms with Crippen molar-refractivity contribution in [2.75, 3.05) is 5.32 Å². The molecule has 1 atom stereocenters. The van der Waals surface area contributed by atoms with Crippen molar-refractivity contribution in [3.63, 3.8) is 0 Å². The standard InChI is InChI=1S/C22H24N4O3S/c1-3-10-26-22(29)14-7-5-4-6-13(14)18(25-26)20(28)24-21-17(19(23)27)15-9-8-12(2)11-16(15)30-21/h4-7,12H,3,8-11H2,1-2H3,(H2,23,27)(H,24,28)/t12-/m1/s1. The van der Waals surface area contributed by atoms with E-state index in [-0.39, 0.29) is 11.3 Å². The van der Waals surface area contributed by atoms with Gasteiger partial charge in [0.15, 0.2) is 5.69 Å². The Hall–Kier alpha value is -3.00. The Morgan fingerprint density at radius 2 is 2.03 bits per heavy atom. The van der Waals surface area contributed by atoms with E-state index in [2.05, 4.69) is 17.3 Å². The highest BCUT2D eigenvalue weighted by Crippen LogP contribution is 2.39. The molecule has 0 bridgehead atoms. The second kappa shape index (κ2) is 8.02. The number of benzene rings is 1. The second-order valence-corrected chi connectivity index (χ2v) is 8.90. The van der Waals surface area contributed by atoms with Crippen LogP contribution in [0.2, 0.25) is 0 Å². The first-order valence-electron chi connectivity index (χ1n) is 10.2. The monoisotopic (exact) mass is 424 g/mol. The highest BCUT2D eigenvalue weighted by atomic mass is 32.1. The SMILES string of the molecule is CCCn1nc(C(=O)Nc2sc3c(c2C(N)=O)CC[C@@H](C)C3)c2ccccc2c1=O. The third kappa shape index (κ3) is 3.52. The van der Waals surface area contributed by atoms with Gasteiger partial charge in [-0.15, -0.1) is 11.3 Å². The molecule has 3 N–H and O–H groups in total. The predicted octanol–water partition coefficient (Wildman–Crippen LogP) is 3.34. The van der Waals surface area contributed by atoms with Crippen molar-refractivity contribution in [1.82, 2.24) is 9.78 Å². The summed E-state index contributed by atoms with van der Waals surface area (Å²) in [6.45, 7) is 4.54. The van der Waals surface area contributed by atoms with Crippen LogP contribution in [0.25, 0.3) is 10.8 Å². The van der Waals surface area contributed by atoms with Crippen molar-refractivity contribution >= 4 is 38.9 Å². The van der Waals surface area contributed by atoms with E-state index in [1.54, 1.807) is 24.3 Å². The van der Waals surface area contributed by atoms with E-state index in [1.807, 2.05) is 6.92 Å². The molecule has 0 unspecified atom stereocenters. The minimum Gasteiger partial charge on any atom is -0.365 e. The van der Waals surface area contributed by atoms with Crippen LogP contribution in [-0.2, 0) is 19.4 Å². The maximum atomic E-state index is 13.2. The van der Waals surface area contributed by atoms with E-state index in [4.69, 9.17) is 5.73 Å². The normalized spacial score (nSPS) is 15.7. The van der Waals surface area contributed by atoms with Crippen molar-refractivity contribution in [3.05, 3.63) is 56.3 Å². The molecular weight excluding hydrogens is 400 g/mol. The third-order valence-corrected chi connectivity index (χ3v) is 6.67. The summed E-state index contributed by atoms with van der Waals surface area (Å²) < 4.78 is 1.33. The predicted molar refractivity (Wildman–Crippen MR) is 118 cm³/mol. The summed E-state index contributed by atoms with van der Waals surface area (Å²) in [5, 5.41) is 8.59. The Balaban J connectivity index is 1.79. The van der Waals surface area contributed by atoms with E-state index >= 15 is 0 Å². The van der Waals surface area contributed by atoms with E-state index in [1.165, 1.54) is 16.0 Å². The van der Waals surface area contributed by atoms with Gasteiger partial charge in [-0.1, -0.05) is 32.0 Å². The number of carbonyl (C=O) groups is 2. The number of hydrogen-bond donors (Lipinski definition) is 2. The van der Waals surface area contributed by atoms with Gasteiger partial charge < -0.3 is 11.1 Å². The number of thiophene rings is 1. The molecule has 2 amide bonds. The molecule has 8 heteroatoms. The first kappa shape index (κ1) is 20.3. The summed E-state index contributed by atoms with van der Waals surface area (Å²) in [6.07, 6.45) is 3.36. The number of aryl methyl sites for hydroxylation is 1. The van der Waals surface area contributed by atoms with Gasteiger partial charge in [0, 0.05) is 16.8 Å². The van der Waals surface area contributed by atoms with Crippen molar-refractivity contribution < 1.29 is 9.59 Å². The van der Waals surface area contributed by atoms with Gasteiger partial charge in [-0.05, 0) is 43.2 Å². The number of anilines is 1. The Kier molecular flexibility index (Phi) is 5.42. The van der Waals surface area contributed by atoms with Gasteiger partial charge in [-0.25, -0.2) is 4.68 Å². The summed E-state index contributed by atoms with van der Waals surface area (Å²) in [4.78, 5) is 39.2. The summed E-state index contributed by atoms with van der Waals surface area (Å²) in [5.41, 5.74) is 6.96. The van der Waals surface area contributed by atoms with Gasteiger partial charge in [0.1, 0.15) is 5.00 Å². The number of amides is 2. The molecule has 30 heavy (non-hydrogen) atoms. The number of hydrogen-bond acceptors (Lipinski definition) is 5. The maximum Gasteiger partial charge on any atom is 0.277 e. The minimum absolute atomic E-state index is 0.161. The van der Waals surface area contributed by atoms with Crippen molar-refractivity contribution in [2.45, 2.75) is 46.1 Å². The van der Waals surface area contributed by atoms with Crippen LogP contribution in [0.5, 0.6) is 0 Å². The first-order chi connectivity index (χ1) is 14.4. The van der Waals surface area contributed by atoms with Gasteiger partial charge in [-0.3, -0.25) is 14.4 Å². The molecule has 1 aliphatic carbocycles. The molecular formula is C22H24N4O3S. The topological polar surface area (TPSA) is 107 Å². The molecule has 4 rings (SSSR count). The number of aromatic nitrogens is 2. The number of fused-ring (bicyclic) bond motifs is 2. The summed E-state index contributed by atoms with van der Waals surface area (Å²) in [5.74, 6) is -0.458. The number of nitrogens with two attached hydrogens (primary N) is 1. The molecule has 7 nitrogen and oxygen atoms in total. The molecule has 0 saturated carbocycles. The molecule has 0 radical (unpaired) electrons. The maximum absolute atomic E-state index is 13.2. The lowest BCUT2D eigenvalue weighted by Crippen LogP contribution is -2.28. The van der Waals surface area contributed by atoms with E-state index in [0.29, 0.717) is 40.2 Å². The molecule has 1 aromatic carbocycles. The van der Waals surface area contributed by atoms with Crippen molar-refractivity contribution in [2.24, 2.45) is 11.7 Å². The number of primary amides is 1. The van der Waals surface area contributed by atoms with Gasteiger partial charge in [0.25, 0.3) is 17.4 Å². The fourth-order valence-corrected chi connectivity index (χ4v) is 5.44. The largest absolute Gasteiger partial charge is 0.365 e. The van der Waals surface area contributed by atoms with Crippen LogP contribution in [0, 0.1) is 5.92 Å². The molecule has 1 aliphatic rings. The lowest BCUT2D eigenvalue weighted by atomic mass is 9.88. The van der Waals surface area contributed by atoms with E-state index in [9.17, 15) is 14.4 Å². The Morgan fingerprint density at radius 1 is 1.30 bits per heavy atom. The highest BCUT2D eigenvalue weighted by Gasteiger charge is 2.28. The second-order valence-electron chi connectivity index (χ2n) is 7.80. The molecule has 3 aromatic rings. The average Bonchev–Trinajstić information content (AvgIpc) is 3.07. The number of nitrogens with zero attached hydrogens (tertiary/aromatic N) is 2. The Morgan fingerprint density at radius 3 is 2.73 bits per heavy atom. The van der Waals surface area contributed by atoms with Gasteiger partial charge >= 0.3 is 0 Å². The van der Waals surface area contributed by atoms with E-state index in [0.717, 1.165) is 29.7 Å². The molecule has 2 heterocycles. The van der Waals surface area contributed by atoms with Gasteiger partial charge in [0.05, 0.1) is 10.9 Å². The molecule has 0 saturated heterocycles.